The monoisotopic (exact) mass is 342 g/mol. The van der Waals surface area contributed by atoms with E-state index in [1.807, 2.05) is 0 Å². The Morgan fingerprint density at radius 3 is 2.25 bits per heavy atom. The van der Waals surface area contributed by atoms with E-state index in [4.69, 9.17) is 4.74 Å². The van der Waals surface area contributed by atoms with Gasteiger partial charge < -0.3 is 9.84 Å². The highest BCUT2D eigenvalue weighted by Gasteiger charge is 2.22. The van der Waals surface area contributed by atoms with Gasteiger partial charge in [0.05, 0.1) is 12.7 Å². The summed E-state index contributed by atoms with van der Waals surface area (Å²) in [6, 6.07) is 7.22. The van der Waals surface area contributed by atoms with Crippen LogP contribution in [0.3, 0.4) is 0 Å². The van der Waals surface area contributed by atoms with Crippen molar-refractivity contribution in [3.63, 3.8) is 0 Å². The quantitative estimate of drug-likeness (QED) is 0.908. The lowest BCUT2D eigenvalue weighted by Gasteiger charge is -2.16. The smallest absolute Gasteiger partial charge is 0.135 e. The molecule has 0 amide bonds. The lowest BCUT2D eigenvalue weighted by molar-refractivity contribution is 0.208. The van der Waals surface area contributed by atoms with Gasteiger partial charge in [-0.1, -0.05) is 22.0 Å². The molecule has 5 heteroatoms. The molecule has 1 unspecified atom stereocenters. The van der Waals surface area contributed by atoms with Gasteiger partial charge in [-0.3, -0.25) is 0 Å². The summed E-state index contributed by atoms with van der Waals surface area (Å²) in [7, 11) is 1.32. The molecule has 0 aromatic heterocycles. The molecule has 0 fully saturated rings. The fourth-order valence-electron chi connectivity index (χ4n) is 2.04. The van der Waals surface area contributed by atoms with Crippen molar-refractivity contribution in [2.45, 2.75) is 13.0 Å². The highest BCUT2D eigenvalue weighted by Crippen LogP contribution is 2.32. The lowest BCUT2D eigenvalue weighted by Crippen LogP contribution is -2.08. The number of ether oxygens (including phenoxy) is 1. The Labute approximate surface area is 124 Å². The van der Waals surface area contributed by atoms with Crippen LogP contribution in [0.15, 0.2) is 34.8 Å². The molecule has 0 aliphatic heterocycles. The molecule has 20 heavy (non-hydrogen) atoms. The second-order valence-corrected chi connectivity index (χ2v) is 5.32. The molecular formula is C15H13BrF2O2. The van der Waals surface area contributed by atoms with Gasteiger partial charge in [-0.05, 0) is 30.2 Å². The van der Waals surface area contributed by atoms with Gasteiger partial charge >= 0.3 is 0 Å². The lowest BCUT2D eigenvalue weighted by atomic mass is 9.96. The first kappa shape index (κ1) is 14.9. The highest BCUT2D eigenvalue weighted by molar-refractivity contribution is 9.10. The standard InChI is InChI=1S/C15H13BrF2O2/c1-8-5-9(16)3-4-11(8)15(19)14-12(17)6-10(20-2)7-13(14)18/h3-7,15,19H,1-2H3. The van der Waals surface area contributed by atoms with Crippen LogP contribution in [0.25, 0.3) is 0 Å². The second-order valence-electron chi connectivity index (χ2n) is 4.41. The van der Waals surface area contributed by atoms with Crippen LogP contribution in [0.1, 0.15) is 22.8 Å². The van der Waals surface area contributed by atoms with E-state index in [2.05, 4.69) is 15.9 Å². The largest absolute Gasteiger partial charge is 0.497 e. The molecular weight excluding hydrogens is 330 g/mol. The minimum atomic E-state index is -1.37. The summed E-state index contributed by atoms with van der Waals surface area (Å²) in [5.41, 5.74) is 0.814. The Hall–Kier alpha value is -1.46. The number of halogens is 3. The number of aryl methyl sites for hydroxylation is 1. The van der Waals surface area contributed by atoms with Gasteiger partial charge in [-0.25, -0.2) is 8.78 Å². The zero-order chi connectivity index (χ0) is 14.9. The number of benzene rings is 2. The van der Waals surface area contributed by atoms with E-state index in [0.29, 0.717) is 5.56 Å². The number of aliphatic hydroxyl groups excluding tert-OH is 1. The van der Waals surface area contributed by atoms with E-state index in [0.717, 1.165) is 22.2 Å². The molecule has 0 radical (unpaired) electrons. The maximum atomic E-state index is 14.0. The summed E-state index contributed by atoms with van der Waals surface area (Å²) < 4.78 is 33.5. The molecule has 1 N–H and O–H groups in total. The van der Waals surface area contributed by atoms with Gasteiger partial charge in [0.15, 0.2) is 0 Å². The van der Waals surface area contributed by atoms with Crippen LogP contribution in [0.2, 0.25) is 0 Å². The van der Waals surface area contributed by atoms with Gasteiger partial charge in [0, 0.05) is 16.6 Å². The second kappa shape index (κ2) is 5.89. The molecule has 0 aliphatic rings. The molecule has 2 nitrogen and oxygen atoms in total. The SMILES string of the molecule is COc1cc(F)c(C(O)c2ccc(Br)cc2C)c(F)c1. The topological polar surface area (TPSA) is 29.5 Å². The van der Waals surface area contributed by atoms with Gasteiger partial charge in [-0.15, -0.1) is 0 Å². The number of methoxy groups -OCH3 is 1. The molecule has 2 aromatic rings. The van der Waals surface area contributed by atoms with E-state index >= 15 is 0 Å². The van der Waals surface area contributed by atoms with Gasteiger partial charge in [-0.2, -0.15) is 0 Å². The van der Waals surface area contributed by atoms with Crippen LogP contribution in [-0.4, -0.2) is 12.2 Å². The first-order valence-electron chi connectivity index (χ1n) is 5.91. The summed E-state index contributed by atoms with van der Waals surface area (Å²) in [4.78, 5) is 0. The fourth-order valence-corrected chi connectivity index (χ4v) is 2.52. The van der Waals surface area contributed by atoms with Crippen LogP contribution in [-0.2, 0) is 0 Å². The molecule has 2 rings (SSSR count). The fraction of sp³-hybridized carbons (Fsp3) is 0.200. The zero-order valence-corrected chi connectivity index (χ0v) is 12.5. The zero-order valence-electron chi connectivity index (χ0n) is 11.0. The molecule has 0 bridgehead atoms. The van der Waals surface area contributed by atoms with Gasteiger partial charge in [0.2, 0.25) is 0 Å². The van der Waals surface area contributed by atoms with Crippen LogP contribution in [0.4, 0.5) is 8.78 Å². The third-order valence-electron chi connectivity index (χ3n) is 3.09. The number of aliphatic hydroxyl groups is 1. The maximum absolute atomic E-state index is 14.0. The van der Waals surface area contributed by atoms with Crippen molar-refractivity contribution in [3.8, 4) is 5.75 Å². The Balaban J connectivity index is 2.50. The Kier molecular flexibility index (Phi) is 4.40. The molecule has 0 saturated heterocycles. The summed E-state index contributed by atoms with van der Waals surface area (Å²) in [6.45, 7) is 1.77. The molecule has 106 valence electrons. The minimum absolute atomic E-state index is 0.0727. The van der Waals surface area contributed by atoms with Crippen molar-refractivity contribution in [2.24, 2.45) is 0 Å². The van der Waals surface area contributed by atoms with E-state index in [9.17, 15) is 13.9 Å². The molecule has 0 spiro atoms. The van der Waals surface area contributed by atoms with Crippen molar-refractivity contribution in [3.05, 3.63) is 63.1 Å². The van der Waals surface area contributed by atoms with Gasteiger partial charge in [0.25, 0.3) is 0 Å². The molecule has 2 aromatic carbocycles. The first-order valence-corrected chi connectivity index (χ1v) is 6.70. The Morgan fingerprint density at radius 2 is 1.75 bits per heavy atom. The first-order chi connectivity index (χ1) is 9.43. The third kappa shape index (κ3) is 2.83. The van der Waals surface area contributed by atoms with E-state index in [1.165, 1.54) is 7.11 Å². The summed E-state index contributed by atoms with van der Waals surface area (Å²) >= 11 is 3.30. The van der Waals surface area contributed by atoms with E-state index in [1.54, 1.807) is 25.1 Å². The average Bonchev–Trinajstić information content (AvgIpc) is 2.37. The molecule has 0 aliphatic carbocycles. The minimum Gasteiger partial charge on any atom is -0.497 e. The predicted molar refractivity (Wildman–Crippen MR) is 75.9 cm³/mol. The summed E-state index contributed by atoms with van der Waals surface area (Å²) in [6.07, 6.45) is -1.37. The number of hydrogen-bond donors (Lipinski definition) is 1. The molecule has 0 heterocycles. The van der Waals surface area contributed by atoms with Crippen LogP contribution < -0.4 is 4.74 Å². The normalized spacial score (nSPS) is 12.3. The van der Waals surface area contributed by atoms with Crippen molar-refractivity contribution in [1.82, 2.24) is 0 Å². The number of hydrogen-bond acceptors (Lipinski definition) is 2. The average molecular weight is 343 g/mol. The van der Waals surface area contributed by atoms with Crippen molar-refractivity contribution >= 4 is 15.9 Å². The van der Waals surface area contributed by atoms with Crippen molar-refractivity contribution < 1.29 is 18.6 Å². The van der Waals surface area contributed by atoms with E-state index in [-0.39, 0.29) is 11.3 Å². The summed E-state index contributed by atoms with van der Waals surface area (Å²) in [5.74, 6) is -1.60. The van der Waals surface area contributed by atoms with Crippen molar-refractivity contribution in [2.75, 3.05) is 7.11 Å². The predicted octanol–water partition coefficient (Wildman–Crippen LogP) is 4.13. The van der Waals surface area contributed by atoms with Crippen LogP contribution in [0.5, 0.6) is 5.75 Å². The molecule has 0 saturated carbocycles. The highest BCUT2D eigenvalue weighted by atomic mass is 79.9. The summed E-state index contributed by atoms with van der Waals surface area (Å²) in [5, 5.41) is 10.3. The Bertz CT molecular complexity index is 621. The number of rotatable bonds is 3. The van der Waals surface area contributed by atoms with Crippen LogP contribution in [0, 0.1) is 18.6 Å². The van der Waals surface area contributed by atoms with Crippen molar-refractivity contribution in [1.29, 1.82) is 0 Å². The van der Waals surface area contributed by atoms with E-state index < -0.39 is 17.7 Å². The third-order valence-corrected chi connectivity index (χ3v) is 3.58. The maximum Gasteiger partial charge on any atom is 0.135 e. The van der Waals surface area contributed by atoms with Gasteiger partial charge in [0.1, 0.15) is 23.5 Å². The van der Waals surface area contributed by atoms with Crippen LogP contribution >= 0.6 is 15.9 Å². The molecule has 1 atom stereocenters. The Morgan fingerprint density at radius 1 is 1.15 bits per heavy atom.